The molecule has 29 heavy (non-hydrogen) atoms. The van der Waals surface area contributed by atoms with Crippen molar-refractivity contribution in [1.29, 1.82) is 0 Å². The van der Waals surface area contributed by atoms with E-state index in [2.05, 4.69) is 59.9 Å². The summed E-state index contributed by atoms with van der Waals surface area (Å²) in [6, 6.07) is 10.0. The van der Waals surface area contributed by atoms with Crippen LogP contribution < -0.4 is 5.56 Å². The highest BCUT2D eigenvalue weighted by atomic mass is 32.2. The molecule has 0 radical (unpaired) electrons. The number of hydrogen-bond acceptors (Lipinski definition) is 6. The largest absolute Gasteiger partial charge is 0.298 e. The maximum absolute atomic E-state index is 12.2. The van der Waals surface area contributed by atoms with Crippen molar-refractivity contribution in [2.75, 3.05) is 0 Å². The molecule has 148 valence electrons. The highest BCUT2D eigenvalue weighted by Crippen LogP contribution is 2.27. The predicted octanol–water partition coefficient (Wildman–Crippen LogP) is 4.62. The topological polar surface area (TPSA) is 65.1 Å². The highest BCUT2D eigenvalue weighted by Gasteiger charge is 2.15. The zero-order chi connectivity index (χ0) is 20.4. The molecule has 0 saturated carbocycles. The van der Waals surface area contributed by atoms with E-state index in [9.17, 15) is 4.79 Å². The summed E-state index contributed by atoms with van der Waals surface area (Å²) in [5.74, 6) is 1.84. The van der Waals surface area contributed by atoms with Crippen molar-refractivity contribution < 1.29 is 0 Å². The van der Waals surface area contributed by atoms with Gasteiger partial charge in [-0.3, -0.25) is 13.8 Å². The second-order valence-electron chi connectivity index (χ2n) is 6.91. The minimum atomic E-state index is -0.0645. The van der Waals surface area contributed by atoms with Crippen molar-refractivity contribution in [2.45, 2.75) is 37.2 Å². The molecule has 0 aliphatic carbocycles. The van der Waals surface area contributed by atoms with Crippen LogP contribution in [-0.4, -0.2) is 24.1 Å². The molecule has 0 N–H and O–H groups in total. The Morgan fingerprint density at radius 3 is 2.76 bits per heavy atom. The molecule has 0 amide bonds. The van der Waals surface area contributed by atoms with Crippen molar-refractivity contribution in [3.8, 4) is 11.4 Å². The van der Waals surface area contributed by atoms with Gasteiger partial charge in [0.15, 0.2) is 15.9 Å². The van der Waals surface area contributed by atoms with Crippen molar-refractivity contribution in [2.24, 2.45) is 0 Å². The third-order valence-electron chi connectivity index (χ3n) is 4.57. The fourth-order valence-corrected chi connectivity index (χ4v) is 4.60. The van der Waals surface area contributed by atoms with Gasteiger partial charge in [0.2, 0.25) is 0 Å². The van der Waals surface area contributed by atoms with Crippen LogP contribution in [0, 0.1) is 0 Å². The second-order valence-corrected chi connectivity index (χ2v) is 8.73. The molecular weight excluding hydrogens is 402 g/mol. The Bertz CT molecular complexity index is 1200. The summed E-state index contributed by atoms with van der Waals surface area (Å²) < 4.78 is 3.59. The molecule has 0 fully saturated rings. The number of thioether (sulfide) groups is 1. The van der Waals surface area contributed by atoms with E-state index in [4.69, 9.17) is 0 Å². The van der Waals surface area contributed by atoms with E-state index < -0.39 is 0 Å². The summed E-state index contributed by atoms with van der Waals surface area (Å²) in [6.45, 7) is 8.83. The molecule has 0 atom stereocenters. The average Bonchev–Trinajstić information content (AvgIpc) is 3.34. The van der Waals surface area contributed by atoms with Crippen LogP contribution in [0.15, 0.2) is 64.5 Å². The molecule has 0 saturated heterocycles. The molecule has 0 spiro atoms. The number of thiazole rings is 1. The zero-order valence-corrected chi connectivity index (χ0v) is 17.9. The van der Waals surface area contributed by atoms with E-state index in [1.165, 1.54) is 28.7 Å². The third-order valence-corrected chi connectivity index (χ3v) is 6.33. The van der Waals surface area contributed by atoms with Gasteiger partial charge in [0, 0.05) is 35.5 Å². The summed E-state index contributed by atoms with van der Waals surface area (Å²) in [7, 11) is 0. The second kappa shape index (κ2) is 8.34. The van der Waals surface area contributed by atoms with E-state index in [1.54, 1.807) is 16.7 Å². The Hall–Kier alpha value is -2.71. The van der Waals surface area contributed by atoms with Gasteiger partial charge < -0.3 is 0 Å². The Labute approximate surface area is 177 Å². The number of rotatable bonds is 7. The zero-order valence-electron chi connectivity index (χ0n) is 16.3. The van der Waals surface area contributed by atoms with Gasteiger partial charge in [0.1, 0.15) is 0 Å². The lowest BCUT2D eigenvalue weighted by atomic mass is 10.0. The highest BCUT2D eigenvalue weighted by molar-refractivity contribution is 7.98. The van der Waals surface area contributed by atoms with Crippen LogP contribution in [0.25, 0.3) is 16.3 Å². The first-order valence-electron chi connectivity index (χ1n) is 9.30. The minimum Gasteiger partial charge on any atom is -0.298 e. The SMILES string of the molecule is C=CCn1c(SCc2cc(=O)n3ccsc3n2)nnc1-c1ccc(C(C)C)cc1. The summed E-state index contributed by atoms with van der Waals surface area (Å²) >= 11 is 2.97. The molecule has 4 aromatic rings. The van der Waals surface area contributed by atoms with Crippen LogP contribution in [0.4, 0.5) is 0 Å². The molecule has 0 bridgehead atoms. The van der Waals surface area contributed by atoms with Crippen LogP contribution in [0.2, 0.25) is 0 Å². The molecule has 3 aromatic heterocycles. The van der Waals surface area contributed by atoms with Gasteiger partial charge in [-0.2, -0.15) is 0 Å². The van der Waals surface area contributed by atoms with Crippen molar-refractivity contribution in [3.05, 3.63) is 76.2 Å². The molecular formula is C21H21N5OS2. The quantitative estimate of drug-likeness (QED) is 0.321. The van der Waals surface area contributed by atoms with Gasteiger partial charge in [-0.25, -0.2) is 4.98 Å². The molecule has 6 nitrogen and oxygen atoms in total. The van der Waals surface area contributed by atoms with Crippen molar-refractivity contribution in [1.82, 2.24) is 24.1 Å². The Kier molecular flexibility index (Phi) is 5.64. The first-order valence-corrected chi connectivity index (χ1v) is 11.2. The molecule has 0 aliphatic heterocycles. The van der Waals surface area contributed by atoms with Crippen molar-refractivity contribution in [3.63, 3.8) is 0 Å². The number of nitrogens with zero attached hydrogens (tertiary/aromatic N) is 5. The lowest BCUT2D eigenvalue weighted by Crippen LogP contribution is -2.12. The lowest BCUT2D eigenvalue weighted by Gasteiger charge is -2.09. The minimum absolute atomic E-state index is 0.0645. The smallest absolute Gasteiger partial charge is 0.258 e. The van der Waals surface area contributed by atoms with E-state index in [0.717, 1.165) is 22.2 Å². The van der Waals surface area contributed by atoms with Crippen molar-refractivity contribution >= 4 is 28.1 Å². The monoisotopic (exact) mass is 423 g/mol. The summed E-state index contributed by atoms with van der Waals surface area (Å²) in [6.07, 6.45) is 3.57. The third kappa shape index (κ3) is 4.04. The molecule has 0 aliphatic rings. The first-order chi connectivity index (χ1) is 14.1. The maximum Gasteiger partial charge on any atom is 0.258 e. The molecule has 3 heterocycles. The van der Waals surface area contributed by atoms with Crippen LogP contribution in [-0.2, 0) is 12.3 Å². The van der Waals surface area contributed by atoms with E-state index in [-0.39, 0.29) is 5.56 Å². The Balaban J connectivity index is 1.60. The molecule has 8 heteroatoms. The van der Waals surface area contributed by atoms with E-state index >= 15 is 0 Å². The van der Waals surface area contributed by atoms with Gasteiger partial charge >= 0.3 is 0 Å². The Morgan fingerprint density at radius 1 is 1.24 bits per heavy atom. The van der Waals surface area contributed by atoms with Crippen LogP contribution in [0.3, 0.4) is 0 Å². The summed E-state index contributed by atoms with van der Waals surface area (Å²) in [4.78, 5) is 17.4. The Morgan fingerprint density at radius 2 is 2.03 bits per heavy atom. The fraction of sp³-hybridized carbons (Fsp3) is 0.238. The first kappa shape index (κ1) is 19.6. The molecule has 1 aromatic carbocycles. The van der Waals surface area contributed by atoms with Gasteiger partial charge in [0.05, 0.1) is 5.69 Å². The molecule has 0 unspecified atom stereocenters. The lowest BCUT2D eigenvalue weighted by molar-refractivity contribution is 0.731. The van der Waals surface area contributed by atoms with E-state index in [0.29, 0.717) is 23.2 Å². The number of hydrogen-bond donors (Lipinski definition) is 0. The fourth-order valence-electron chi connectivity index (χ4n) is 3.02. The summed E-state index contributed by atoms with van der Waals surface area (Å²) in [5.41, 5.74) is 2.98. The predicted molar refractivity (Wildman–Crippen MR) is 119 cm³/mol. The van der Waals surface area contributed by atoms with Gasteiger partial charge in [-0.15, -0.1) is 28.1 Å². The molecule has 4 rings (SSSR count). The normalized spacial score (nSPS) is 11.4. The number of benzene rings is 1. The van der Waals surface area contributed by atoms with E-state index in [1.807, 2.05) is 16.0 Å². The van der Waals surface area contributed by atoms with Gasteiger partial charge in [-0.1, -0.05) is 56.0 Å². The van der Waals surface area contributed by atoms with Gasteiger partial charge in [-0.05, 0) is 11.5 Å². The van der Waals surface area contributed by atoms with Crippen LogP contribution >= 0.6 is 23.1 Å². The van der Waals surface area contributed by atoms with Crippen LogP contribution in [0.5, 0.6) is 0 Å². The van der Waals surface area contributed by atoms with Gasteiger partial charge in [0.25, 0.3) is 5.56 Å². The summed E-state index contributed by atoms with van der Waals surface area (Å²) in [5, 5.41) is 11.4. The van der Waals surface area contributed by atoms with Crippen LogP contribution in [0.1, 0.15) is 31.0 Å². The number of allylic oxidation sites excluding steroid dienone is 1. The number of aromatic nitrogens is 5. The standard InChI is InChI=1S/C21H21N5OS2/c1-4-9-26-19(16-7-5-15(6-8-16)14(2)3)23-24-21(26)29-13-17-12-18(27)25-10-11-28-20(25)22-17/h4-8,10-12,14H,1,9,13H2,2-3H3. The average molecular weight is 424 g/mol. The number of fused-ring (bicyclic) bond motifs is 1. The maximum atomic E-state index is 12.2.